The molecule has 0 aliphatic carbocycles. The first-order chi connectivity index (χ1) is 8.72. The van der Waals surface area contributed by atoms with Crippen molar-refractivity contribution >= 4 is 11.6 Å². The quantitative estimate of drug-likeness (QED) is 0.880. The number of rotatable bonds is 3. The van der Waals surface area contributed by atoms with Crippen LogP contribution in [0.3, 0.4) is 0 Å². The third-order valence-corrected chi connectivity index (χ3v) is 3.06. The van der Waals surface area contributed by atoms with Crippen LogP contribution >= 0.6 is 0 Å². The van der Waals surface area contributed by atoms with Crippen LogP contribution in [0.4, 0.5) is 0 Å². The molecule has 6 nitrogen and oxygen atoms in total. The number of aromatic carboxylic acids is 1. The number of aromatic nitrogens is 3. The van der Waals surface area contributed by atoms with Gasteiger partial charge in [-0.05, 0) is 25.0 Å². The highest BCUT2D eigenvalue weighted by Crippen LogP contribution is 2.16. The summed E-state index contributed by atoms with van der Waals surface area (Å²) in [6, 6.07) is 3.04. The fourth-order valence-electron chi connectivity index (χ4n) is 2.16. The van der Waals surface area contributed by atoms with Gasteiger partial charge in [0.25, 0.3) is 0 Å². The summed E-state index contributed by atoms with van der Waals surface area (Å²) in [5.41, 5.74) is 0.779. The first-order valence-electron chi connectivity index (χ1n) is 5.92. The van der Waals surface area contributed by atoms with Gasteiger partial charge in [0, 0.05) is 19.2 Å². The van der Waals surface area contributed by atoms with Gasteiger partial charge in [0.05, 0.1) is 11.7 Å². The van der Waals surface area contributed by atoms with E-state index >= 15 is 0 Å². The second kappa shape index (κ2) is 4.38. The normalized spacial score (nSPS) is 19.4. The minimum absolute atomic E-state index is 0.196. The zero-order chi connectivity index (χ0) is 12.5. The Bertz CT molecular complexity index is 587. The SMILES string of the molecule is O=C(O)c1ccn2nc(CC3CCCO3)nc2c1. The van der Waals surface area contributed by atoms with Gasteiger partial charge in [-0.25, -0.2) is 14.3 Å². The maximum Gasteiger partial charge on any atom is 0.335 e. The van der Waals surface area contributed by atoms with Gasteiger partial charge in [0.1, 0.15) is 0 Å². The number of fused-ring (bicyclic) bond motifs is 1. The van der Waals surface area contributed by atoms with E-state index < -0.39 is 5.97 Å². The lowest BCUT2D eigenvalue weighted by Crippen LogP contribution is -2.10. The smallest absolute Gasteiger partial charge is 0.335 e. The predicted octanol–water partition coefficient (Wildman–Crippen LogP) is 1.15. The molecule has 1 saturated heterocycles. The fraction of sp³-hybridized carbons (Fsp3) is 0.417. The molecule has 0 spiro atoms. The zero-order valence-electron chi connectivity index (χ0n) is 9.74. The molecule has 1 fully saturated rings. The average Bonchev–Trinajstić information content (AvgIpc) is 2.96. The third-order valence-electron chi connectivity index (χ3n) is 3.06. The summed E-state index contributed by atoms with van der Waals surface area (Å²) < 4.78 is 7.13. The van der Waals surface area contributed by atoms with Crippen molar-refractivity contribution in [2.24, 2.45) is 0 Å². The van der Waals surface area contributed by atoms with Gasteiger partial charge in [0.15, 0.2) is 11.5 Å². The Balaban J connectivity index is 1.87. The molecule has 1 N–H and O–H groups in total. The molecule has 94 valence electrons. The topological polar surface area (TPSA) is 76.7 Å². The highest BCUT2D eigenvalue weighted by atomic mass is 16.5. The van der Waals surface area contributed by atoms with Crippen molar-refractivity contribution < 1.29 is 14.6 Å². The molecule has 6 heteroatoms. The van der Waals surface area contributed by atoms with Crippen LogP contribution in [-0.4, -0.2) is 38.4 Å². The predicted molar refractivity (Wildman–Crippen MR) is 62.6 cm³/mol. The molecule has 2 aromatic heterocycles. The molecule has 2 aromatic rings. The lowest BCUT2D eigenvalue weighted by molar-refractivity contribution is 0.0697. The number of ether oxygens (including phenoxy) is 1. The van der Waals surface area contributed by atoms with Crippen LogP contribution in [0.1, 0.15) is 29.0 Å². The van der Waals surface area contributed by atoms with Crippen LogP contribution in [-0.2, 0) is 11.2 Å². The number of carboxylic acids is 1. The van der Waals surface area contributed by atoms with E-state index in [1.54, 1.807) is 10.7 Å². The number of carboxylic acid groups (broad SMARTS) is 1. The summed E-state index contributed by atoms with van der Waals surface area (Å²) in [5.74, 6) is -0.259. The summed E-state index contributed by atoms with van der Waals surface area (Å²) >= 11 is 0. The number of nitrogens with zero attached hydrogens (tertiary/aromatic N) is 3. The monoisotopic (exact) mass is 247 g/mol. The number of hydrogen-bond donors (Lipinski definition) is 1. The first-order valence-corrected chi connectivity index (χ1v) is 5.92. The van der Waals surface area contributed by atoms with Crippen molar-refractivity contribution in [1.29, 1.82) is 0 Å². The van der Waals surface area contributed by atoms with E-state index in [9.17, 15) is 4.79 Å². The van der Waals surface area contributed by atoms with Crippen LogP contribution < -0.4 is 0 Å². The molecule has 3 rings (SSSR count). The Kier molecular flexibility index (Phi) is 2.71. The number of hydrogen-bond acceptors (Lipinski definition) is 4. The molecule has 1 unspecified atom stereocenters. The molecule has 0 aromatic carbocycles. The van der Waals surface area contributed by atoms with Gasteiger partial charge < -0.3 is 9.84 Å². The van der Waals surface area contributed by atoms with Crippen LogP contribution in [0, 0.1) is 0 Å². The maximum absolute atomic E-state index is 10.9. The molecule has 0 bridgehead atoms. The van der Waals surface area contributed by atoms with E-state index in [1.165, 1.54) is 12.1 Å². The minimum Gasteiger partial charge on any atom is -0.478 e. The van der Waals surface area contributed by atoms with Crippen molar-refractivity contribution in [2.45, 2.75) is 25.4 Å². The van der Waals surface area contributed by atoms with Crippen molar-refractivity contribution in [3.8, 4) is 0 Å². The Morgan fingerprint density at radius 2 is 2.50 bits per heavy atom. The highest BCUT2D eigenvalue weighted by Gasteiger charge is 2.18. The molecule has 18 heavy (non-hydrogen) atoms. The first kappa shape index (κ1) is 11.2. The molecular formula is C12H13N3O3. The van der Waals surface area contributed by atoms with Gasteiger partial charge >= 0.3 is 5.97 Å². The van der Waals surface area contributed by atoms with Gasteiger partial charge in [-0.15, -0.1) is 0 Å². The molecule has 1 aliphatic heterocycles. The summed E-state index contributed by atoms with van der Waals surface area (Å²) in [7, 11) is 0. The summed E-state index contributed by atoms with van der Waals surface area (Å²) in [6.45, 7) is 0.807. The van der Waals surface area contributed by atoms with Crippen molar-refractivity contribution in [1.82, 2.24) is 14.6 Å². The van der Waals surface area contributed by atoms with Crippen LogP contribution in [0.15, 0.2) is 18.3 Å². The molecular weight excluding hydrogens is 234 g/mol. The van der Waals surface area contributed by atoms with E-state index in [2.05, 4.69) is 10.1 Å². The Hall–Kier alpha value is -1.95. The number of carbonyl (C=O) groups is 1. The van der Waals surface area contributed by atoms with Crippen molar-refractivity contribution in [3.05, 3.63) is 29.7 Å². The van der Waals surface area contributed by atoms with Crippen LogP contribution in [0.2, 0.25) is 0 Å². The lowest BCUT2D eigenvalue weighted by Gasteiger charge is -2.04. The van der Waals surface area contributed by atoms with Gasteiger partial charge in [-0.1, -0.05) is 0 Å². The van der Waals surface area contributed by atoms with E-state index in [0.29, 0.717) is 17.9 Å². The molecule has 0 radical (unpaired) electrons. The van der Waals surface area contributed by atoms with Crippen LogP contribution in [0.25, 0.3) is 5.65 Å². The largest absolute Gasteiger partial charge is 0.478 e. The van der Waals surface area contributed by atoms with E-state index in [0.717, 1.165) is 19.4 Å². The Morgan fingerprint density at radius 3 is 3.22 bits per heavy atom. The summed E-state index contributed by atoms with van der Waals surface area (Å²) in [5, 5.41) is 13.2. The third kappa shape index (κ3) is 2.06. The molecule has 0 amide bonds. The van der Waals surface area contributed by atoms with Gasteiger partial charge in [-0.3, -0.25) is 0 Å². The highest BCUT2D eigenvalue weighted by molar-refractivity contribution is 5.88. The Labute approximate surface area is 103 Å². The minimum atomic E-state index is -0.957. The van der Waals surface area contributed by atoms with E-state index in [1.807, 2.05) is 0 Å². The van der Waals surface area contributed by atoms with Gasteiger partial charge in [0.2, 0.25) is 0 Å². The Morgan fingerprint density at radius 1 is 1.61 bits per heavy atom. The molecule has 1 aliphatic rings. The van der Waals surface area contributed by atoms with Crippen LogP contribution in [0.5, 0.6) is 0 Å². The molecule has 3 heterocycles. The maximum atomic E-state index is 10.9. The molecule has 0 saturated carbocycles. The second-order valence-corrected chi connectivity index (χ2v) is 4.39. The van der Waals surface area contributed by atoms with Crippen molar-refractivity contribution in [2.75, 3.05) is 6.61 Å². The van der Waals surface area contributed by atoms with Gasteiger partial charge in [-0.2, -0.15) is 5.10 Å². The average molecular weight is 247 g/mol. The second-order valence-electron chi connectivity index (χ2n) is 4.39. The zero-order valence-corrected chi connectivity index (χ0v) is 9.74. The summed E-state index contributed by atoms with van der Waals surface area (Å²) in [6.07, 6.45) is 4.62. The standard InChI is InChI=1S/C12H13N3O3/c16-12(17)8-3-4-15-11(6-8)13-10(14-15)7-9-2-1-5-18-9/h3-4,6,9H,1-2,5,7H2,(H,16,17). The van der Waals surface area contributed by atoms with Crippen molar-refractivity contribution in [3.63, 3.8) is 0 Å². The fourth-order valence-corrected chi connectivity index (χ4v) is 2.16. The number of pyridine rings is 1. The lowest BCUT2D eigenvalue weighted by atomic mass is 10.2. The van der Waals surface area contributed by atoms with E-state index in [-0.39, 0.29) is 11.7 Å². The summed E-state index contributed by atoms with van der Waals surface area (Å²) in [4.78, 5) is 15.2. The van der Waals surface area contributed by atoms with E-state index in [4.69, 9.17) is 9.84 Å². The molecule has 1 atom stereocenters.